The first-order valence-electron chi connectivity index (χ1n) is 13.9. The van der Waals surface area contributed by atoms with E-state index in [0.717, 1.165) is 11.6 Å². The maximum Gasteiger partial charge on any atom is 0.401 e. The summed E-state index contributed by atoms with van der Waals surface area (Å²) < 4.78 is 94.4. The summed E-state index contributed by atoms with van der Waals surface area (Å²) in [6.45, 7) is -0.997. The average molecular weight is 507 g/mol. The van der Waals surface area contributed by atoms with Gasteiger partial charge in [-0.2, -0.15) is 18.3 Å². The number of hydrogen-bond donors (Lipinski definition) is 1. The molecule has 4 aromatic rings. The second-order valence-electron chi connectivity index (χ2n) is 7.99. The minimum absolute atomic E-state index is 0.0125. The zero-order valence-corrected chi connectivity index (χ0v) is 19.2. The lowest BCUT2D eigenvalue weighted by molar-refractivity contribution is -0.124. The standard InChI is InChI=1S/C25H27F3N6O2/c1-33-15-17(13-31-33)24-14-30-22-6-5-18(11-23(22)32-24)34(8-4-7-29-16-25(26,27)28)19-9-20(35-2)12-21(10-19)36-3/h5-6,9-15,29H,4,7-8,16H2,1-3H3/i2D3,3D3. The Balaban J connectivity index is 1.75. The van der Waals surface area contributed by atoms with Crippen molar-refractivity contribution in [2.75, 3.05) is 38.6 Å². The number of rotatable bonds is 10. The van der Waals surface area contributed by atoms with E-state index in [1.54, 1.807) is 53.4 Å². The van der Waals surface area contributed by atoms with Gasteiger partial charge in [-0.15, -0.1) is 0 Å². The molecule has 36 heavy (non-hydrogen) atoms. The quantitative estimate of drug-likeness (QED) is 0.312. The van der Waals surface area contributed by atoms with E-state index in [1.807, 2.05) is 0 Å². The van der Waals surface area contributed by atoms with Crippen LogP contribution in [0.15, 0.2) is 55.0 Å². The predicted molar refractivity (Wildman–Crippen MR) is 132 cm³/mol. The van der Waals surface area contributed by atoms with E-state index in [1.165, 1.54) is 12.1 Å². The number of anilines is 2. The van der Waals surface area contributed by atoms with E-state index in [-0.39, 0.29) is 36.7 Å². The zero-order valence-electron chi connectivity index (χ0n) is 25.2. The lowest BCUT2D eigenvalue weighted by Crippen LogP contribution is -2.31. The maximum absolute atomic E-state index is 12.6. The summed E-state index contributed by atoms with van der Waals surface area (Å²) in [5.74, 6) is -0.377. The SMILES string of the molecule is [2H]C([2H])([2H])Oc1cc(OC([2H])([2H])[2H])cc(N(CCCNCC(F)(F)F)c2ccc3ncc(-c4cnn(C)c4)nc3c2)c1. The van der Waals surface area contributed by atoms with Crippen molar-refractivity contribution >= 4 is 22.4 Å². The van der Waals surface area contributed by atoms with Crippen molar-refractivity contribution in [2.45, 2.75) is 12.6 Å². The summed E-state index contributed by atoms with van der Waals surface area (Å²) in [5.41, 5.74) is 3.19. The van der Waals surface area contributed by atoms with Crippen LogP contribution in [0, 0.1) is 0 Å². The molecule has 0 aliphatic carbocycles. The van der Waals surface area contributed by atoms with Crippen LogP contribution < -0.4 is 19.7 Å². The summed E-state index contributed by atoms with van der Waals surface area (Å²) in [4.78, 5) is 10.8. The number of ether oxygens (including phenoxy) is 2. The molecule has 0 unspecified atom stereocenters. The molecule has 2 heterocycles. The van der Waals surface area contributed by atoms with Gasteiger partial charge in [-0.25, -0.2) is 4.98 Å². The number of aryl methyl sites for hydroxylation is 1. The molecule has 0 bridgehead atoms. The molecule has 11 heteroatoms. The van der Waals surface area contributed by atoms with Gasteiger partial charge in [0.05, 0.1) is 58.0 Å². The molecule has 0 atom stereocenters. The molecular formula is C25H27F3N6O2. The van der Waals surface area contributed by atoms with E-state index >= 15 is 0 Å². The molecule has 0 saturated carbocycles. The number of nitrogens with zero attached hydrogens (tertiary/aromatic N) is 5. The molecule has 0 saturated heterocycles. The van der Waals surface area contributed by atoms with Gasteiger partial charge in [-0.3, -0.25) is 9.67 Å². The first-order valence-corrected chi connectivity index (χ1v) is 10.9. The normalized spacial score (nSPS) is 14.8. The first-order chi connectivity index (χ1) is 19.5. The Bertz CT molecular complexity index is 1490. The van der Waals surface area contributed by atoms with Crippen LogP contribution in [0.5, 0.6) is 11.5 Å². The Morgan fingerprint density at radius 2 is 1.81 bits per heavy atom. The molecule has 0 aliphatic rings. The molecule has 0 amide bonds. The van der Waals surface area contributed by atoms with Crippen LogP contribution in [0.25, 0.3) is 22.3 Å². The van der Waals surface area contributed by atoms with Crippen LogP contribution in [0.4, 0.5) is 24.5 Å². The van der Waals surface area contributed by atoms with Crippen molar-refractivity contribution in [3.8, 4) is 22.8 Å². The third-order valence-corrected chi connectivity index (χ3v) is 5.31. The Labute approximate surface area is 215 Å². The van der Waals surface area contributed by atoms with E-state index < -0.39 is 26.8 Å². The molecule has 2 aromatic heterocycles. The lowest BCUT2D eigenvalue weighted by Gasteiger charge is -2.26. The van der Waals surface area contributed by atoms with Crippen LogP contribution in [-0.4, -0.2) is 59.6 Å². The average Bonchev–Trinajstić information content (AvgIpc) is 3.29. The third kappa shape index (κ3) is 6.22. The van der Waals surface area contributed by atoms with Gasteiger partial charge < -0.3 is 19.7 Å². The predicted octanol–water partition coefficient (Wildman–Crippen LogP) is 4.73. The number of hydrogen-bond acceptors (Lipinski definition) is 7. The second-order valence-corrected chi connectivity index (χ2v) is 7.99. The summed E-state index contributed by atoms with van der Waals surface area (Å²) in [6, 6.07) is 9.03. The van der Waals surface area contributed by atoms with Crippen molar-refractivity contribution in [1.29, 1.82) is 0 Å². The van der Waals surface area contributed by atoms with Crippen LogP contribution in [0.2, 0.25) is 0 Å². The lowest BCUT2D eigenvalue weighted by atomic mass is 10.1. The van der Waals surface area contributed by atoms with Crippen molar-refractivity contribution in [3.63, 3.8) is 0 Å². The van der Waals surface area contributed by atoms with Crippen LogP contribution in [0.3, 0.4) is 0 Å². The highest BCUT2D eigenvalue weighted by molar-refractivity contribution is 5.82. The van der Waals surface area contributed by atoms with Gasteiger partial charge in [0.2, 0.25) is 0 Å². The number of methoxy groups -OCH3 is 2. The number of aromatic nitrogens is 4. The summed E-state index contributed by atoms with van der Waals surface area (Å²) in [7, 11) is -3.92. The van der Waals surface area contributed by atoms with Crippen LogP contribution in [-0.2, 0) is 7.05 Å². The summed E-state index contributed by atoms with van der Waals surface area (Å²) in [6.07, 6.45) is 0.892. The van der Waals surface area contributed by atoms with Gasteiger partial charge >= 0.3 is 6.18 Å². The smallest absolute Gasteiger partial charge is 0.401 e. The molecule has 190 valence electrons. The highest BCUT2D eigenvalue weighted by Crippen LogP contribution is 2.34. The molecule has 0 aliphatic heterocycles. The zero-order chi connectivity index (χ0) is 30.7. The third-order valence-electron chi connectivity index (χ3n) is 5.31. The van der Waals surface area contributed by atoms with Crippen molar-refractivity contribution in [3.05, 3.63) is 55.0 Å². The van der Waals surface area contributed by atoms with Gasteiger partial charge in [0.15, 0.2) is 0 Å². The molecule has 0 spiro atoms. The van der Waals surface area contributed by atoms with E-state index in [4.69, 9.17) is 17.7 Å². The molecule has 8 nitrogen and oxygen atoms in total. The van der Waals surface area contributed by atoms with Crippen molar-refractivity contribution < 1.29 is 30.9 Å². The summed E-state index contributed by atoms with van der Waals surface area (Å²) >= 11 is 0. The Morgan fingerprint density at radius 1 is 1.03 bits per heavy atom. The number of benzene rings is 2. The van der Waals surface area contributed by atoms with Gasteiger partial charge in [-0.1, -0.05) is 0 Å². The Kier molecular flexibility index (Phi) is 5.53. The fourth-order valence-electron chi connectivity index (χ4n) is 3.69. The maximum atomic E-state index is 12.6. The van der Waals surface area contributed by atoms with E-state index in [9.17, 15) is 13.2 Å². The van der Waals surface area contributed by atoms with Gasteiger partial charge in [0.1, 0.15) is 11.5 Å². The van der Waals surface area contributed by atoms with Crippen molar-refractivity contribution in [1.82, 2.24) is 25.1 Å². The highest BCUT2D eigenvalue weighted by Gasteiger charge is 2.26. The minimum Gasteiger partial charge on any atom is -0.497 e. The number of halogens is 3. The van der Waals surface area contributed by atoms with E-state index in [0.29, 0.717) is 22.4 Å². The Morgan fingerprint density at radius 3 is 2.47 bits per heavy atom. The largest absolute Gasteiger partial charge is 0.497 e. The summed E-state index contributed by atoms with van der Waals surface area (Å²) in [5, 5.41) is 6.50. The number of fused-ring (bicyclic) bond motifs is 1. The minimum atomic E-state index is -4.37. The molecule has 2 aromatic carbocycles. The van der Waals surface area contributed by atoms with E-state index in [2.05, 4.69) is 20.4 Å². The van der Waals surface area contributed by atoms with Gasteiger partial charge in [0.25, 0.3) is 0 Å². The number of nitrogens with one attached hydrogen (secondary N) is 1. The van der Waals surface area contributed by atoms with Gasteiger partial charge in [-0.05, 0) is 31.2 Å². The second kappa shape index (κ2) is 10.8. The fourth-order valence-corrected chi connectivity index (χ4v) is 3.69. The van der Waals surface area contributed by atoms with Crippen molar-refractivity contribution in [2.24, 2.45) is 7.05 Å². The first kappa shape index (κ1) is 18.4. The molecule has 0 radical (unpaired) electrons. The van der Waals surface area contributed by atoms with Crippen LogP contribution >= 0.6 is 0 Å². The number of alkyl halides is 3. The molecule has 1 N–H and O–H groups in total. The topological polar surface area (TPSA) is 77.3 Å². The van der Waals surface area contributed by atoms with Gasteiger partial charge in [0, 0.05) is 54.9 Å². The molecule has 0 fully saturated rings. The monoisotopic (exact) mass is 506 g/mol. The van der Waals surface area contributed by atoms with Crippen LogP contribution in [0.1, 0.15) is 14.6 Å². The highest BCUT2D eigenvalue weighted by atomic mass is 19.4. The molecular weight excluding hydrogens is 473 g/mol. The Hall–Kier alpha value is -3.86. The fraction of sp³-hybridized carbons (Fsp3) is 0.320. The molecule has 4 rings (SSSR count).